The van der Waals surface area contributed by atoms with Crippen molar-refractivity contribution in [3.05, 3.63) is 28.3 Å². The van der Waals surface area contributed by atoms with Gasteiger partial charge >= 0.3 is 5.97 Å². The van der Waals surface area contributed by atoms with Gasteiger partial charge in [0.05, 0.1) is 17.1 Å². The van der Waals surface area contributed by atoms with Crippen molar-refractivity contribution in [2.24, 2.45) is 5.92 Å². The van der Waals surface area contributed by atoms with Gasteiger partial charge in [-0.3, -0.25) is 0 Å². The number of aromatic carboxylic acids is 1. The molecule has 22 heavy (non-hydrogen) atoms. The Morgan fingerprint density at radius 2 is 2.18 bits per heavy atom. The second-order valence-electron chi connectivity index (χ2n) is 5.40. The highest BCUT2D eigenvalue weighted by Crippen LogP contribution is 2.27. The lowest BCUT2D eigenvalue weighted by Gasteiger charge is -2.21. The van der Waals surface area contributed by atoms with Gasteiger partial charge in [-0.25, -0.2) is 17.5 Å². The summed E-state index contributed by atoms with van der Waals surface area (Å²) in [5.74, 6) is -1.05. The summed E-state index contributed by atoms with van der Waals surface area (Å²) in [6.45, 7) is 2.97. The summed E-state index contributed by atoms with van der Waals surface area (Å²) in [6.07, 6.45) is 0.814. The summed E-state index contributed by atoms with van der Waals surface area (Å²) >= 11 is 5.88. The molecule has 8 heteroatoms. The lowest BCUT2D eigenvalue weighted by molar-refractivity contribution is 0.0696. The van der Waals surface area contributed by atoms with Crippen LogP contribution in [0.25, 0.3) is 0 Å². The summed E-state index contributed by atoms with van der Waals surface area (Å²) < 4.78 is 31.9. The molecule has 1 fully saturated rings. The Balaban J connectivity index is 2.38. The topological polar surface area (TPSA) is 83.9 Å². The van der Waals surface area contributed by atoms with E-state index in [2.05, 4.69) is 0 Å². The highest BCUT2D eigenvalue weighted by Gasteiger charge is 2.29. The van der Waals surface area contributed by atoms with Crippen LogP contribution in [0.2, 0.25) is 5.02 Å². The van der Waals surface area contributed by atoms with Gasteiger partial charge in [-0.15, -0.1) is 0 Å². The molecule has 1 heterocycles. The molecule has 6 nitrogen and oxygen atoms in total. The zero-order valence-electron chi connectivity index (χ0n) is 12.4. The summed E-state index contributed by atoms with van der Waals surface area (Å²) in [7, 11) is -2.33. The van der Waals surface area contributed by atoms with Gasteiger partial charge in [-0.1, -0.05) is 11.6 Å². The Hall–Kier alpha value is -1.15. The molecule has 1 aromatic carbocycles. The van der Waals surface area contributed by atoms with Crippen molar-refractivity contribution in [3.8, 4) is 0 Å². The molecular weight excluding hydrogens is 330 g/mol. The number of hydrogen-bond donors (Lipinski definition) is 1. The van der Waals surface area contributed by atoms with E-state index < -0.39 is 16.0 Å². The van der Waals surface area contributed by atoms with Crippen LogP contribution >= 0.6 is 11.6 Å². The fourth-order valence-corrected chi connectivity index (χ4v) is 4.30. The highest BCUT2D eigenvalue weighted by molar-refractivity contribution is 7.89. The second kappa shape index (κ2) is 6.54. The SMILES string of the molecule is Cc1c(C(=O)O)cc(Cl)cc1S(=O)(=O)N(C)C[C@@H]1CCOC1. The summed E-state index contributed by atoms with van der Waals surface area (Å²) in [5, 5.41) is 9.25. The number of halogens is 1. The zero-order chi connectivity index (χ0) is 16.5. The van der Waals surface area contributed by atoms with E-state index in [1.807, 2.05) is 0 Å². The molecule has 0 aliphatic carbocycles. The normalized spacial score (nSPS) is 18.8. The van der Waals surface area contributed by atoms with Crippen LogP contribution in [0.5, 0.6) is 0 Å². The monoisotopic (exact) mass is 347 g/mol. The Morgan fingerprint density at radius 1 is 1.50 bits per heavy atom. The first-order valence-corrected chi connectivity index (χ1v) is 8.63. The van der Waals surface area contributed by atoms with E-state index in [4.69, 9.17) is 21.4 Å². The minimum Gasteiger partial charge on any atom is -0.478 e. The third-order valence-corrected chi connectivity index (χ3v) is 5.95. The van der Waals surface area contributed by atoms with Crippen molar-refractivity contribution >= 4 is 27.6 Å². The molecule has 0 unspecified atom stereocenters. The smallest absolute Gasteiger partial charge is 0.336 e. The van der Waals surface area contributed by atoms with Crippen LogP contribution in [0, 0.1) is 12.8 Å². The maximum atomic E-state index is 12.7. The highest BCUT2D eigenvalue weighted by atomic mass is 35.5. The lowest BCUT2D eigenvalue weighted by atomic mass is 10.1. The number of ether oxygens (including phenoxy) is 1. The van der Waals surface area contributed by atoms with Crippen LogP contribution < -0.4 is 0 Å². The second-order valence-corrected chi connectivity index (χ2v) is 7.85. The molecule has 0 spiro atoms. The number of sulfonamides is 1. The van der Waals surface area contributed by atoms with Crippen molar-refractivity contribution < 1.29 is 23.1 Å². The van der Waals surface area contributed by atoms with Crippen LogP contribution in [0.4, 0.5) is 0 Å². The lowest BCUT2D eigenvalue weighted by Crippen LogP contribution is -2.32. The number of carboxylic acids is 1. The van der Waals surface area contributed by atoms with Crippen molar-refractivity contribution in [1.29, 1.82) is 0 Å². The largest absolute Gasteiger partial charge is 0.478 e. The molecular formula is C14H18ClNO5S. The first-order chi connectivity index (χ1) is 10.2. The number of rotatable bonds is 5. The number of carboxylic acid groups (broad SMARTS) is 1. The molecule has 1 saturated heterocycles. The zero-order valence-corrected chi connectivity index (χ0v) is 13.9. The summed E-state index contributed by atoms with van der Waals surface area (Å²) in [6, 6.07) is 2.55. The van der Waals surface area contributed by atoms with E-state index in [9.17, 15) is 13.2 Å². The number of hydrogen-bond acceptors (Lipinski definition) is 4. The number of nitrogens with zero attached hydrogens (tertiary/aromatic N) is 1. The number of benzene rings is 1. The van der Waals surface area contributed by atoms with Gasteiger partial charge in [0.2, 0.25) is 10.0 Å². The first-order valence-electron chi connectivity index (χ1n) is 6.81. The van der Waals surface area contributed by atoms with E-state index in [0.717, 1.165) is 6.42 Å². The summed E-state index contributed by atoms with van der Waals surface area (Å²) in [4.78, 5) is 11.1. The molecule has 1 N–H and O–H groups in total. The molecule has 1 atom stereocenters. The van der Waals surface area contributed by atoms with Crippen LogP contribution in [-0.4, -0.2) is 50.6 Å². The Morgan fingerprint density at radius 3 is 2.73 bits per heavy atom. The molecule has 1 aromatic rings. The van der Waals surface area contributed by atoms with Crippen LogP contribution in [0.15, 0.2) is 17.0 Å². The third kappa shape index (κ3) is 3.43. The van der Waals surface area contributed by atoms with Crippen LogP contribution in [0.3, 0.4) is 0 Å². The predicted molar refractivity (Wildman–Crippen MR) is 81.9 cm³/mol. The van der Waals surface area contributed by atoms with Crippen molar-refractivity contribution in [3.63, 3.8) is 0 Å². The third-order valence-electron chi connectivity index (χ3n) is 3.78. The van der Waals surface area contributed by atoms with Gasteiger partial charge in [-0.2, -0.15) is 0 Å². The molecule has 0 amide bonds. The van der Waals surface area contributed by atoms with Gasteiger partial charge in [-0.05, 0) is 37.0 Å². The van der Waals surface area contributed by atoms with E-state index in [1.54, 1.807) is 0 Å². The molecule has 2 rings (SSSR count). The standard InChI is InChI=1S/C14H18ClNO5S/c1-9-12(14(17)18)5-11(15)6-13(9)22(19,20)16(2)7-10-3-4-21-8-10/h5-6,10H,3-4,7-8H2,1-2H3,(H,17,18)/t10-/m0/s1. The minimum absolute atomic E-state index is 0.0705. The quantitative estimate of drug-likeness (QED) is 0.880. The Kier molecular flexibility index (Phi) is 5.11. The fourth-order valence-electron chi connectivity index (χ4n) is 2.50. The Labute approximate surface area is 134 Å². The van der Waals surface area contributed by atoms with Gasteiger partial charge in [0.1, 0.15) is 0 Å². The van der Waals surface area contributed by atoms with Gasteiger partial charge in [0.25, 0.3) is 0 Å². The molecule has 122 valence electrons. The van der Waals surface area contributed by atoms with Gasteiger partial charge in [0, 0.05) is 25.2 Å². The minimum atomic E-state index is -3.81. The molecule has 0 bridgehead atoms. The molecule has 0 saturated carbocycles. The van der Waals surface area contributed by atoms with E-state index in [1.165, 1.54) is 30.4 Å². The average Bonchev–Trinajstić information content (AvgIpc) is 2.93. The molecule has 0 radical (unpaired) electrons. The van der Waals surface area contributed by atoms with E-state index in [0.29, 0.717) is 19.8 Å². The Bertz CT molecular complexity index is 683. The van der Waals surface area contributed by atoms with E-state index in [-0.39, 0.29) is 27.0 Å². The van der Waals surface area contributed by atoms with Crippen LogP contribution in [0.1, 0.15) is 22.3 Å². The molecule has 1 aliphatic heterocycles. The number of carbonyl (C=O) groups is 1. The predicted octanol–water partition coefficient (Wildman–Crippen LogP) is 2.00. The molecule has 0 aromatic heterocycles. The van der Waals surface area contributed by atoms with E-state index >= 15 is 0 Å². The maximum Gasteiger partial charge on any atom is 0.336 e. The van der Waals surface area contributed by atoms with Crippen LogP contribution in [-0.2, 0) is 14.8 Å². The van der Waals surface area contributed by atoms with Gasteiger partial charge in [0.15, 0.2) is 0 Å². The summed E-state index contributed by atoms with van der Waals surface area (Å²) in [5.41, 5.74) is 0.0788. The maximum absolute atomic E-state index is 12.7. The van der Waals surface area contributed by atoms with Crippen molar-refractivity contribution in [2.75, 3.05) is 26.8 Å². The average molecular weight is 348 g/mol. The van der Waals surface area contributed by atoms with Crippen molar-refractivity contribution in [1.82, 2.24) is 4.31 Å². The first kappa shape index (κ1) is 17.2. The fraction of sp³-hybridized carbons (Fsp3) is 0.500. The van der Waals surface area contributed by atoms with Gasteiger partial charge < -0.3 is 9.84 Å². The molecule has 1 aliphatic rings. The van der Waals surface area contributed by atoms with Crippen molar-refractivity contribution in [2.45, 2.75) is 18.2 Å².